The van der Waals surface area contributed by atoms with Gasteiger partial charge in [0.15, 0.2) is 0 Å². The third kappa shape index (κ3) is 2.84. The molecule has 104 valence electrons. The molecule has 1 heterocycles. The summed E-state index contributed by atoms with van der Waals surface area (Å²) in [6.07, 6.45) is 1.89. The van der Waals surface area contributed by atoms with Crippen LogP contribution in [0.2, 0.25) is 0 Å². The molecule has 2 atom stereocenters. The maximum Gasteiger partial charge on any atom is 0.128 e. The van der Waals surface area contributed by atoms with Crippen LogP contribution in [0.3, 0.4) is 0 Å². The monoisotopic (exact) mass is 255 g/mol. The third-order valence-electron chi connectivity index (χ3n) is 4.28. The lowest BCUT2D eigenvalue weighted by atomic mass is 9.67. The highest BCUT2D eigenvalue weighted by Gasteiger charge is 2.45. The molecule has 0 radical (unpaired) electrons. The van der Waals surface area contributed by atoms with Crippen molar-refractivity contribution in [2.24, 2.45) is 5.41 Å². The Hall–Kier alpha value is -0.660. The molecule has 3 nitrogen and oxygen atoms in total. The van der Waals surface area contributed by atoms with Gasteiger partial charge in [-0.15, -0.1) is 0 Å². The maximum atomic E-state index is 14.1. The van der Waals surface area contributed by atoms with Crippen LogP contribution in [-0.4, -0.2) is 42.3 Å². The van der Waals surface area contributed by atoms with Crippen molar-refractivity contribution in [2.45, 2.75) is 64.3 Å². The second-order valence-electron chi connectivity index (χ2n) is 6.46. The number of likely N-dealkylation sites (tertiary alicyclic amines) is 1. The SMILES string of the molecule is CC(C)NC1CCN(C2CC(C)(C#N)C2)CC1F.[HH]. The number of nitriles is 1. The predicted octanol–water partition coefficient (Wildman–Crippen LogP) is 2.34. The van der Waals surface area contributed by atoms with Crippen LogP contribution in [0.4, 0.5) is 4.39 Å². The van der Waals surface area contributed by atoms with Gasteiger partial charge < -0.3 is 5.32 Å². The van der Waals surface area contributed by atoms with E-state index in [9.17, 15) is 4.39 Å². The van der Waals surface area contributed by atoms with Crippen LogP contribution in [-0.2, 0) is 0 Å². The number of nitrogens with zero attached hydrogens (tertiary/aromatic N) is 2. The fourth-order valence-corrected chi connectivity index (χ4v) is 3.21. The minimum atomic E-state index is -0.782. The molecule has 18 heavy (non-hydrogen) atoms. The topological polar surface area (TPSA) is 39.1 Å². The largest absolute Gasteiger partial charge is 0.309 e. The van der Waals surface area contributed by atoms with Crippen molar-refractivity contribution in [3.63, 3.8) is 0 Å². The second kappa shape index (κ2) is 5.14. The summed E-state index contributed by atoms with van der Waals surface area (Å²) in [6, 6.07) is 3.13. The van der Waals surface area contributed by atoms with Crippen LogP contribution in [0.25, 0.3) is 0 Å². The lowest BCUT2D eigenvalue weighted by Crippen LogP contribution is -2.58. The third-order valence-corrected chi connectivity index (χ3v) is 4.28. The van der Waals surface area contributed by atoms with E-state index in [1.54, 1.807) is 0 Å². The van der Waals surface area contributed by atoms with Crippen LogP contribution >= 0.6 is 0 Å². The van der Waals surface area contributed by atoms with Gasteiger partial charge >= 0.3 is 0 Å². The van der Waals surface area contributed by atoms with E-state index in [1.807, 2.05) is 6.92 Å². The van der Waals surface area contributed by atoms with Crippen LogP contribution in [0.5, 0.6) is 0 Å². The zero-order valence-corrected chi connectivity index (χ0v) is 11.6. The Morgan fingerprint density at radius 3 is 2.67 bits per heavy atom. The number of piperidine rings is 1. The van der Waals surface area contributed by atoms with Gasteiger partial charge in [0.05, 0.1) is 11.5 Å². The molecule has 4 heteroatoms. The van der Waals surface area contributed by atoms with E-state index in [1.165, 1.54) is 0 Å². The average molecular weight is 255 g/mol. The van der Waals surface area contributed by atoms with E-state index in [0.717, 1.165) is 25.8 Å². The standard InChI is InChI=1S/C14H24FN3.H2/c1-10(2)17-13-4-5-18(8-12(13)15)11-6-14(3,7-11)9-16;/h10-13,17H,4-8H2,1-3H3;1H. The van der Waals surface area contributed by atoms with E-state index < -0.39 is 6.17 Å². The van der Waals surface area contributed by atoms with Gasteiger partial charge in [0, 0.05) is 32.6 Å². The highest BCUT2D eigenvalue weighted by atomic mass is 19.1. The molecule has 2 unspecified atom stereocenters. The number of hydrogen-bond acceptors (Lipinski definition) is 3. The molecule has 0 amide bonds. The minimum absolute atomic E-state index is 0. The Morgan fingerprint density at radius 1 is 1.50 bits per heavy atom. The molecule has 1 saturated heterocycles. The molecule has 2 aliphatic rings. The van der Waals surface area contributed by atoms with E-state index in [4.69, 9.17) is 5.26 Å². The summed E-state index contributed by atoms with van der Waals surface area (Å²) in [7, 11) is 0. The number of nitrogens with one attached hydrogen (secondary N) is 1. The first-order chi connectivity index (χ1) is 8.43. The molecule has 0 aromatic rings. The Balaban J connectivity index is 0.00000180. The molecule has 0 spiro atoms. The van der Waals surface area contributed by atoms with Crippen molar-refractivity contribution in [1.82, 2.24) is 10.2 Å². The van der Waals surface area contributed by atoms with Crippen molar-refractivity contribution in [3.05, 3.63) is 0 Å². The first kappa shape index (κ1) is 13.8. The van der Waals surface area contributed by atoms with Gasteiger partial charge in [0.1, 0.15) is 6.17 Å². The van der Waals surface area contributed by atoms with Crippen LogP contribution < -0.4 is 5.32 Å². The molecule has 0 bridgehead atoms. The molecule has 0 aromatic heterocycles. The molecule has 1 aliphatic heterocycles. The summed E-state index contributed by atoms with van der Waals surface area (Å²) >= 11 is 0. The van der Waals surface area contributed by atoms with Crippen LogP contribution in [0.1, 0.15) is 41.5 Å². The second-order valence-corrected chi connectivity index (χ2v) is 6.46. The van der Waals surface area contributed by atoms with Crippen molar-refractivity contribution in [3.8, 4) is 6.07 Å². The smallest absolute Gasteiger partial charge is 0.128 e. The Bertz CT molecular complexity index is 336. The summed E-state index contributed by atoms with van der Waals surface area (Å²) in [5.74, 6) is 0. The molecular weight excluding hydrogens is 229 g/mol. The van der Waals surface area contributed by atoms with Crippen molar-refractivity contribution < 1.29 is 5.82 Å². The highest BCUT2D eigenvalue weighted by Crippen LogP contribution is 2.43. The summed E-state index contributed by atoms with van der Waals surface area (Å²) < 4.78 is 14.1. The van der Waals surface area contributed by atoms with E-state index in [2.05, 4.69) is 30.1 Å². The molecule has 1 saturated carbocycles. The minimum Gasteiger partial charge on any atom is -0.309 e. The normalized spacial score (nSPS) is 41.4. The van der Waals surface area contributed by atoms with Gasteiger partial charge in [-0.1, -0.05) is 13.8 Å². The summed E-state index contributed by atoms with van der Waals surface area (Å²) in [5, 5.41) is 12.3. The first-order valence-electron chi connectivity index (χ1n) is 6.99. The Morgan fingerprint density at radius 2 is 2.17 bits per heavy atom. The summed E-state index contributed by atoms with van der Waals surface area (Å²) in [5.41, 5.74) is -0.163. The van der Waals surface area contributed by atoms with Crippen molar-refractivity contribution in [2.75, 3.05) is 13.1 Å². The molecule has 1 aliphatic carbocycles. The summed E-state index contributed by atoms with van der Waals surface area (Å²) in [6.45, 7) is 7.60. The first-order valence-corrected chi connectivity index (χ1v) is 6.99. The quantitative estimate of drug-likeness (QED) is 0.841. The zero-order valence-electron chi connectivity index (χ0n) is 11.6. The molecular formula is C14H26FN3. The molecule has 2 fully saturated rings. The number of alkyl halides is 1. The fourth-order valence-electron chi connectivity index (χ4n) is 3.21. The van der Waals surface area contributed by atoms with Gasteiger partial charge in [0.25, 0.3) is 0 Å². The Labute approximate surface area is 111 Å². The van der Waals surface area contributed by atoms with Gasteiger partial charge in [0.2, 0.25) is 0 Å². The fraction of sp³-hybridized carbons (Fsp3) is 0.929. The molecule has 1 N–H and O–H groups in total. The van der Waals surface area contributed by atoms with Gasteiger partial charge in [-0.2, -0.15) is 5.26 Å². The van der Waals surface area contributed by atoms with Gasteiger partial charge in [-0.3, -0.25) is 4.90 Å². The predicted molar refractivity (Wildman–Crippen MR) is 72.0 cm³/mol. The van der Waals surface area contributed by atoms with Crippen LogP contribution in [0, 0.1) is 16.7 Å². The number of hydrogen-bond donors (Lipinski definition) is 1. The molecule has 2 rings (SSSR count). The van der Waals surface area contributed by atoms with Crippen molar-refractivity contribution >= 4 is 0 Å². The number of halogens is 1. The van der Waals surface area contributed by atoms with E-state index in [-0.39, 0.29) is 12.9 Å². The number of rotatable bonds is 3. The lowest BCUT2D eigenvalue weighted by Gasteiger charge is -2.49. The van der Waals surface area contributed by atoms with E-state index >= 15 is 0 Å². The lowest BCUT2D eigenvalue weighted by molar-refractivity contribution is 0.000114. The van der Waals surface area contributed by atoms with Crippen molar-refractivity contribution in [1.29, 1.82) is 5.26 Å². The summed E-state index contributed by atoms with van der Waals surface area (Å²) in [4.78, 5) is 2.24. The van der Waals surface area contributed by atoms with E-state index in [0.29, 0.717) is 18.6 Å². The van der Waals surface area contributed by atoms with Gasteiger partial charge in [-0.05, 0) is 26.2 Å². The molecule has 0 aromatic carbocycles. The highest BCUT2D eigenvalue weighted by molar-refractivity contribution is 5.09. The van der Waals surface area contributed by atoms with Crippen LogP contribution in [0.15, 0.2) is 0 Å². The zero-order chi connectivity index (χ0) is 13.3. The van der Waals surface area contributed by atoms with Gasteiger partial charge in [-0.25, -0.2) is 4.39 Å². The maximum absolute atomic E-state index is 14.1. The Kier molecular flexibility index (Phi) is 3.93. The average Bonchev–Trinajstić information content (AvgIpc) is 2.27.